The lowest BCUT2D eigenvalue weighted by atomic mass is 10.0. The van der Waals surface area contributed by atoms with Crippen LogP contribution in [-0.4, -0.2) is 40.3 Å². The maximum atomic E-state index is 11.9. The summed E-state index contributed by atoms with van der Waals surface area (Å²) in [6.45, 7) is 7.14. The summed E-state index contributed by atoms with van der Waals surface area (Å²) in [6.07, 6.45) is 0.921. The predicted octanol–water partition coefficient (Wildman–Crippen LogP) is 2.89. The van der Waals surface area contributed by atoms with E-state index in [-0.39, 0.29) is 19.2 Å². The highest BCUT2D eigenvalue weighted by Crippen LogP contribution is 2.23. The molecular weight excluding hydrogens is 347 g/mol. The summed E-state index contributed by atoms with van der Waals surface area (Å²) in [6, 6.07) is 3.25. The lowest BCUT2D eigenvalue weighted by molar-refractivity contribution is -0.147. The first-order valence-electron chi connectivity index (χ1n) is 7.86. The Morgan fingerprint density at radius 2 is 2.04 bits per heavy atom. The van der Waals surface area contributed by atoms with E-state index >= 15 is 0 Å². The van der Waals surface area contributed by atoms with Gasteiger partial charge in [-0.2, -0.15) is 4.89 Å². The van der Waals surface area contributed by atoms with E-state index in [1.165, 1.54) is 6.20 Å². The van der Waals surface area contributed by atoms with Crippen LogP contribution in [0, 0.1) is 5.92 Å². The third kappa shape index (κ3) is 8.56. The number of carbonyl (C=O) groups excluding carboxylic acids is 2. The van der Waals surface area contributed by atoms with E-state index in [4.69, 9.17) is 14.4 Å². The van der Waals surface area contributed by atoms with Crippen molar-refractivity contribution in [3.05, 3.63) is 23.9 Å². The molecule has 0 saturated heterocycles. The van der Waals surface area contributed by atoms with Gasteiger partial charge in [-0.05, 0) is 50.3 Å². The summed E-state index contributed by atoms with van der Waals surface area (Å²) in [5, 5.41) is 2.50. The zero-order valence-corrected chi connectivity index (χ0v) is 15.7. The van der Waals surface area contributed by atoms with Crippen LogP contribution in [0.3, 0.4) is 0 Å². The van der Waals surface area contributed by atoms with Crippen LogP contribution < -0.4 is 5.32 Å². The number of rotatable bonds is 7. The van der Waals surface area contributed by atoms with Crippen molar-refractivity contribution in [2.45, 2.75) is 39.7 Å². The highest BCUT2D eigenvalue weighted by atomic mass is 31.1. The van der Waals surface area contributed by atoms with Crippen molar-refractivity contribution in [3.8, 4) is 0 Å². The highest BCUT2D eigenvalue weighted by molar-refractivity contribution is 7.38. The maximum absolute atomic E-state index is 11.9. The van der Waals surface area contributed by atoms with Crippen LogP contribution >= 0.6 is 8.03 Å². The smallest absolute Gasteiger partial charge is 0.466 e. The molecule has 1 heterocycles. The number of hydrogen-bond acceptors (Lipinski definition) is 6. The average Bonchev–Trinajstić information content (AvgIpc) is 2.46. The third-order valence-corrected chi connectivity index (χ3v) is 3.69. The minimum absolute atomic E-state index is 0.175. The van der Waals surface area contributed by atoms with Gasteiger partial charge < -0.3 is 9.47 Å². The standard InChI is InChI=1S/C16H23N2O6P/c1-5-23-14(19)12(10-25(21)22)8-11-6-7-13(17-9-11)18-15(20)24-16(2,3)4/h6-7,9,12H,5,8,10H2,1-4H3,(H-,17,18,20,21,22)/p+1. The van der Waals surface area contributed by atoms with Gasteiger partial charge in [-0.15, -0.1) is 0 Å². The van der Waals surface area contributed by atoms with Crippen molar-refractivity contribution in [2.75, 3.05) is 18.1 Å². The summed E-state index contributed by atoms with van der Waals surface area (Å²) in [5.41, 5.74) is 0.0716. The Morgan fingerprint density at radius 1 is 1.36 bits per heavy atom. The first-order valence-corrected chi connectivity index (χ1v) is 9.25. The monoisotopic (exact) mass is 371 g/mol. The largest absolute Gasteiger partial charge is 0.506 e. The molecule has 1 amide bonds. The number of amides is 1. The predicted molar refractivity (Wildman–Crippen MR) is 92.6 cm³/mol. The van der Waals surface area contributed by atoms with Gasteiger partial charge in [0.1, 0.15) is 17.3 Å². The minimum atomic E-state index is -2.46. The molecule has 2 N–H and O–H groups in total. The number of pyridine rings is 1. The van der Waals surface area contributed by atoms with Gasteiger partial charge in [-0.25, -0.2) is 9.78 Å². The summed E-state index contributed by atoms with van der Waals surface area (Å²) >= 11 is 0. The molecule has 0 spiro atoms. The molecule has 25 heavy (non-hydrogen) atoms. The fraction of sp³-hybridized carbons (Fsp3) is 0.562. The molecular formula is C16H24N2O6P+. The molecule has 0 bridgehead atoms. The first kappa shape index (κ1) is 21.0. The molecule has 0 saturated carbocycles. The Kier molecular flexibility index (Phi) is 7.93. The van der Waals surface area contributed by atoms with Gasteiger partial charge in [0.15, 0.2) is 6.16 Å². The Morgan fingerprint density at radius 3 is 2.52 bits per heavy atom. The topological polar surface area (TPSA) is 115 Å². The van der Waals surface area contributed by atoms with Crippen molar-refractivity contribution >= 4 is 25.9 Å². The van der Waals surface area contributed by atoms with Crippen LogP contribution in [0.2, 0.25) is 0 Å². The van der Waals surface area contributed by atoms with Gasteiger partial charge in [0.05, 0.1) is 6.61 Å². The molecule has 0 fully saturated rings. The van der Waals surface area contributed by atoms with Crippen molar-refractivity contribution in [3.63, 3.8) is 0 Å². The van der Waals surface area contributed by atoms with Gasteiger partial charge in [0.25, 0.3) is 0 Å². The molecule has 2 unspecified atom stereocenters. The van der Waals surface area contributed by atoms with Crippen molar-refractivity contribution in [1.29, 1.82) is 0 Å². The third-order valence-electron chi connectivity index (χ3n) is 2.93. The van der Waals surface area contributed by atoms with E-state index in [1.54, 1.807) is 39.8 Å². The van der Waals surface area contributed by atoms with Crippen LogP contribution in [0.15, 0.2) is 18.3 Å². The summed E-state index contributed by atoms with van der Waals surface area (Å²) in [4.78, 5) is 36.7. The fourth-order valence-corrected chi connectivity index (χ4v) is 2.64. The van der Waals surface area contributed by atoms with Crippen molar-refractivity contribution in [1.82, 2.24) is 4.98 Å². The molecule has 0 aromatic carbocycles. The van der Waals surface area contributed by atoms with Gasteiger partial charge in [0, 0.05) is 6.20 Å². The molecule has 138 valence electrons. The van der Waals surface area contributed by atoms with Crippen molar-refractivity contribution in [2.24, 2.45) is 5.92 Å². The van der Waals surface area contributed by atoms with E-state index in [2.05, 4.69) is 10.3 Å². The molecule has 0 radical (unpaired) electrons. The summed E-state index contributed by atoms with van der Waals surface area (Å²) < 4.78 is 21.1. The average molecular weight is 371 g/mol. The molecule has 0 aliphatic heterocycles. The first-order chi connectivity index (χ1) is 11.6. The fourth-order valence-electron chi connectivity index (χ4n) is 1.98. The quantitative estimate of drug-likeness (QED) is 0.559. The lowest BCUT2D eigenvalue weighted by Gasteiger charge is -2.19. The van der Waals surface area contributed by atoms with Gasteiger partial charge in [0.2, 0.25) is 0 Å². The Labute approximate surface area is 147 Å². The van der Waals surface area contributed by atoms with Crippen LogP contribution in [0.4, 0.5) is 10.6 Å². The summed E-state index contributed by atoms with van der Waals surface area (Å²) in [5.74, 6) is -0.935. The molecule has 0 aliphatic rings. The number of nitrogens with one attached hydrogen (secondary N) is 1. The molecule has 1 aromatic rings. The summed E-state index contributed by atoms with van der Waals surface area (Å²) in [7, 11) is -2.46. The van der Waals surface area contributed by atoms with Crippen LogP contribution in [0.25, 0.3) is 0 Å². The number of carbonyl (C=O) groups is 2. The molecule has 1 rings (SSSR count). The second-order valence-electron chi connectivity index (χ2n) is 6.37. The lowest BCUT2D eigenvalue weighted by Crippen LogP contribution is -2.27. The van der Waals surface area contributed by atoms with E-state index in [0.717, 1.165) is 0 Å². The highest BCUT2D eigenvalue weighted by Gasteiger charge is 2.29. The van der Waals surface area contributed by atoms with E-state index < -0.39 is 31.6 Å². The molecule has 8 nitrogen and oxygen atoms in total. The Bertz CT molecular complexity index is 612. The molecule has 9 heteroatoms. The van der Waals surface area contributed by atoms with E-state index in [9.17, 15) is 14.2 Å². The SMILES string of the molecule is CCOC(=O)C(Cc1ccc(NC(=O)OC(C)(C)C)nc1)C[P+](=O)O. The van der Waals surface area contributed by atoms with E-state index in [0.29, 0.717) is 11.4 Å². The molecule has 2 atom stereocenters. The Hall–Kier alpha value is -2.05. The zero-order valence-electron chi connectivity index (χ0n) is 14.8. The van der Waals surface area contributed by atoms with Crippen LogP contribution in [0.1, 0.15) is 33.3 Å². The van der Waals surface area contributed by atoms with Crippen LogP contribution in [0.5, 0.6) is 0 Å². The van der Waals surface area contributed by atoms with E-state index in [1.807, 2.05) is 0 Å². The van der Waals surface area contributed by atoms with Crippen molar-refractivity contribution < 1.29 is 28.5 Å². The number of hydrogen-bond donors (Lipinski definition) is 2. The van der Waals surface area contributed by atoms with Gasteiger partial charge in [-0.1, -0.05) is 6.07 Å². The number of esters is 1. The molecule has 1 aromatic heterocycles. The minimum Gasteiger partial charge on any atom is -0.466 e. The second-order valence-corrected chi connectivity index (χ2v) is 7.44. The maximum Gasteiger partial charge on any atom is 0.506 e. The number of ether oxygens (including phenoxy) is 2. The van der Waals surface area contributed by atoms with Crippen LogP contribution in [-0.2, 0) is 25.3 Å². The number of anilines is 1. The molecule has 0 aliphatic carbocycles. The zero-order chi connectivity index (χ0) is 19.0. The van der Waals surface area contributed by atoms with Gasteiger partial charge >= 0.3 is 20.1 Å². The number of nitrogens with zero attached hydrogens (tertiary/aromatic N) is 1. The Balaban J connectivity index is 2.71. The normalized spacial score (nSPS) is 12.9. The second kappa shape index (κ2) is 9.44. The number of aromatic nitrogens is 1. The van der Waals surface area contributed by atoms with Gasteiger partial charge in [-0.3, -0.25) is 10.1 Å².